The Morgan fingerprint density at radius 2 is 2.11 bits per heavy atom. The van der Waals surface area contributed by atoms with E-state index in [1.165, 1.54) is 5.56 Å². The molecule has 0 spiro atoms. The molecule has 1 aromatic carbocycles. The molecule has 2 rings (SSSR count). The summed E-state index contributed by atoms with van der Waals surface area (Å²) in [4.78, 5) is 4.35. The number of aromatic nitrogens is 1. The molecule has 2 N–H and O–H groups in total. The van der Waals surface area contributed by atoms with Crippen molar-refractivity contribution >= 4 is 5.69 Å². The average Bonchev–Trinajstić information content (AvgIpc) is 2.46. The second-order valence-electron chi connectivity index (χ2n) is 4.65. The molecule has 0 aliphatic rings. The molecule has 100 valence electrons. The van der Waals surface area contributed by atoms with E-state index in [-0.39, 0.29) is 12.6 Å². The van der Waals surface area contributed by atoms with Crippen molar-refractivity contribution < 1.29 is 5.11 Å². The molecule has 3 heteroatoms. The number of benzene rings is 1. The van der Waals surface area contributed by atoms with Gasteiger partial charge in [0.15, 0.2) is 0 Å². The number of hydrogen-bond acceptors (Lipinski definition) is 3. The third-order valence-electron chi connectivity index (χ3n) is 3.07. The Balaban J connectivity index is 2.02. The van der Waals surface area contributed by atoms with Crippen LogP contribution in [0.3, 0.4) is 0 Å². The molecule has 0 fully saturated rings. The molecule has 0 amide bonds. The van der Waals surface area contributed by atoms with E-state index in [1.54, 1.807) is 0 Å². The van der Waals surface area contributed by atoms with Gasteiger partial charge in [0.25, 0.3) is 0 Å². The van der Waals surface area contributed by atoms with Crippen molar-refractivity contribution in [3.63, 3.8) is 0 Å². The number of nitrogens with one attached hydrogen (secondary N) is 1. The van der Waals surface area contributed by atoms with Crippen LogP contribution in [0, 0.1) is 0 Å². The van der Waals surface area contributed by atoms with Crippen LogP contribution < -0.4 is 5.32 Å². The standard InChI is InChI=1S/C16H20N2O/c1-13(16-9-2-3-10-17-16)18-15-8-4-6-14(12-15)7-5-11-19/h2-4,6,8-10,12-13,18-19H,5,7,11H2,1H3. The fourth-order valence-electron chi connectivity index (χ4n) is 2.06. The van der Waals surface area contributed by atoms with Gasteiger partial charge in [-0.1, -0.05) is 18.2 Å². The molecule has 0 radical (unpaired) electrons. The lowest BCUT2D eigenvalue weighted by Gasteiger charge is -2.15. The Kier molecular flexibility index (Phi) is 4.93. The number of aryl methyl sites for hydroxylation is 1. The molecule has 0 aliphatic heterocycles. The summed E-state index contributed by atoms with van der Waals surface area (Å²) in [6.45, 7) is 2.34. The van der Waals surface area contributed by atoms with Crippen molar-refractivity contribution in [3.05, 3.63) is 59.9 Å². The Morgan fingerprint density at radius 1 is 1.21 bits per heavy atom. The van der Waals surface area contributed by atoms with E-state index in [1.807, 2.05) is 30.5 Å². The van der Waals surface area contributed by atoms with Crippen LogP contribution in [-0.4, -0.2) is 16.7 Å². The number of aliphatic hydroxyl groups is 1. The van der Waals surface area contributed by atoms with Gasteiger partial charge in [-0.2, -0.15) is 0 Å². The largest absolute Gasteiger partial charge is 0.396 e. The maximum absolute atomic E-state index is 8.87. The molecule has 1 heterocycles. The van der Waals surface area contributed by atoms with Crippen molar-refractivity contribution in [2.75, 3.05) is 11.9 Å². The van der Waals surface area contributed by atoms with E-state index in [4.69, 9.17) is 5.11 Å². The zero-order chi connectivity index (χ0) is 13.5. The highest BCUT2D eigenvalue weighted by Gasteiger charge is 2.06. The Morgan fingerprint density at radius 3 is 2.84 bits per heavy atom. The molecule has 19 heavy (non-hydrogen) atoms. The topological polar surface area (TPSA) is 45.1 Å². The van der Waals surface area contributed by atoms with Gasteiger partial charge in [-0.25, -0.2) is 0 Å². The molecule has 2 aromatic rings. The third kappa shape index (κ3) is 4.07. The summed E-state index contributed by atoms with van der Waals surface area (Å²) in [6.07, 6.45) is 3.52. The maximum Gasteiger partial charge on any atom is 0.0657 e. The van der Waals surface area contributed by atoms with Crippen LogP contribution in [0.4, 0.5) is 5.69 Å². The lowest BCUT2D eigenvalue weighted by Crippen LogP contribution is -2.08. The summed E-state index contributed by atoms with van der Waals surface area (Å²) in [5, 5.41) is 12.3. The fourth-order valence-corrected chi connectivity index (χ4v) is 2.06. The minimum Gasteiger partial charge on any atom is -0.396 e. The quantitative estimate of drug-likeness (QED) is 0.834. The third-order valence-corrected chi connectivity index (χ3v) is 3.07. The maximum atomic E-state index is 8.87. The summed E-state index contributed by atoms with van der Waals surface area (Å²) in [5.41, 5.74) is 3.36. The Hall–Kier alpha value is -1.87. The molecule has 0 aliphatic carbocycles. The van der Waals surface area contributed by atoms with Crippen LogP contribution in [0.25, 0.3) is 0 Å². The highest BCUT2D eigenvalue weighted by molar-refractivity contribution is 5.47. The molecule has 0 bridgehead atoms. The van der Waals surface area contributed by atoms with E-state index in [2.05, 4.69) is 35.4 Å². The van der Waals surface area contributed by atoms with E-state index >= 15 is 0 Å². The predicted molar refractivity (Wildman–Crippen MR) is 78.1 cm³/mol. The van der Waals surface area contributed by atoms with Gasteiger partial charge < -0.3 is 10.4 Å². The van der Waals surface area contributed by atoms with Crippen molar-refractivity contribution in [1.82, 2.24) is 4.98 Å². The van der Waals surface area contributed by atoms with Crippen LogP contribution in [0.5, 0.6) is 0 Å². The van der Waals surface area contributed by atoms with E-state index in [0.717, 1.165) is 24.2 Å². The monoisotopic (exact) mass is 256 g/mol. The SMILES string of the molecule is CC(Nc1cccc(CCCO)c1)c1ccccn1. The molecule has 0 saturated heterocycles. The number of rotatable bonds is 6. The molecule has 0 saturated carbocycles. The summed E-state index contributed by atoms with van der Waals surface area (Å²) < 4.78 is 0. The van der Waals surface area contributed by atoms with Gasteiger partial charge in [-0.3, -0.25) is 4.98 Å². The van der Waals surface area contributed by atoms with Crippen molar-refractivity contribution in [2.45, 2.75) is 25.8 Å². The predicted octanol–water partition coefficient (Wildman–Crippen LogP) is 3.18. The van der Waals surface area contributed by atoms with Crippen LogP contribution in [0.2, 0.25) is 0 Å². The van der Waals surface area contributed by atoms with Gasteiger partial charge in [0.2, 0.25) is 0 Å². The lowest BCUT2D eigenvalue weighted by atomic mass is 10.1. The van der Waals surface area contributed by atoms with E-state index in [9.17, 15) is 0 Å². The smallest absolute Gasteiger partial charge is 0.0657 e. The van der Waals surface area contributed by atoms with E-state index < -0.39 is 0 Å². The van der Waals surface area contributed by atoms with Crippen LogP contribution >= 0.6 is 0 Å². The number of aliphatic hydroxyl groups excluding tert-OH is 1. The summed E-state index contributed by atoms with van der Waals surface area (Å²) in [5.74, 6) is 0. The highest BCUT2D eigenvalue weighted by atomic mass is 16.2. The van der Waals surface area contributed by atoms with Gasteiger partial charge in [0.05, 0.1) is 11.7 Å². The first-order valence-corrected chi connectivity index (χ1v) is 6.67. The zero-order valence-electron chi connectivity index (χ0n) is 11.2. The van der Waals surface area contributed by atoms with Gasteiger partial charge in [-0.05, 0) is 49.6 Å². The molecule has 1 unspecified atom stereocenters. The number of pyridine rings is 1. The minimum absolute atomic E-state index is 0.175. The fraction of sp³-hybridized carbons (Fsp3) is 0.312. The first-order valence-electron chi connectivity index (χ1n) is 6.67. The second-order valence-corrected chi connectivity index (χ2v) is 4.65. The van der Waals surface area contributed by atoms with E-state index in [0.29, 0.717) is 0 Å². The second kappa shape index (κ2) is 6.90. The molecule has 3 nitrogen and oxygen atoms in total. The summed E-state index contributed by atoms with van der Waals surface area (Å²) in [7, 11) is 0. The normalized spacial score (nSPS) is 12.1. The lowest BCUT2D eigenvalue weighted by molar-refractivity contribution is 0.288. The van der Waals surface area contributed by atoms with Crippen molar-refractivity contribution in [1.29, 1.82) is 0 Å². The Labute approximate surface area is 114 Å². The molecule has 1 aromatic heterocycles. The van der Waals surface area contributed by atoms with Crippen molar-refractivity contribution in [2.24, 2.45) is 0 Å². The first-order chi connectivity index (χ1) is 9.29. The van der Waals surface area contributed by atoms with Crippen LogP contribution in [0.15, 0.2) is 48.7 Å². The van der Waals surface area contributed by atoms with Gasteiger partial charge in [0, 0.05) is 18.5 Å². The zero-order valence-corrected chi connectivity index (χ0v) is 11.2. The highest BCUT2D eigenvalue weighted by Crippen LogP contribution is 2.19. The van der Waals surface area contributed by atoms with Gasteiger partial charge in [0.1, 0.15) is 0 Å². The molecular weight excluding hydrogens is 236 g/mol. The minimum atomic E-state index is 0.175. The van der Waals surface area contributed by atoms with Crippen LogP contribution in [-0.2, 0) is 6.42 Å². The summed E-state index contributed by atoms with van der Waals surface area (Å²) in [6, 6.07) is 14.4. The summed E-state index contributed by atoms with van der Waals surface area (Å²) >= 11 is 0. The first kappa shape index (κ1) is 13.6. The van der Waals surface area contributed by atoms with Gasteiger partial charge in [-0.15, -0.1) is 0 Å². The molecular formula is C16H20N2O. The van der Waals surface area contributed by atoms with Crippen LogP contribution in [0.1, 0.15) is 30.6 Å². The molecule has 1 atom stereocenters. The number of hydrogen-bond donors (Lipinski definition) is 2. The number of nitrogens with zero attached hydrogens (tertiary/aromatic N) is 1. The Bertz CT molecular complexity index is 499. The average molecular weight is 256 g/mol. The van der Waals surface area contributed by atoms with Crippen molar-refractivity contribution in [3.8, 4) is 0 Å². The number of anilines is 1. The van der Waals surface area contributed by atoms with Gasteiger partial charge >= 0.3 is 0 Å².